The smallest absolute Gasteiger partial charge is 0.321 e. The molecule has 3 atom stereocenters. The zero-order chi connectivity index (χ0) is 34.3. The van der Waals surface area contributed by atoms with Gasteiger partial charge in [0.1, 0.15) is 6.04 Å². The molecule has 0 aliphatic carbocycles. The number of sulfonamides is 1. The molecule has 13 heteroatoms. The molecule has 0 spiro atoms. The van der Waals surface area contributed by atoms with Crippen molar-refractivity contribution in [3.63, 3.8) is 0 Å². The number of aryl methyl sites for hydroxylation is 1. The number of hydrogen-bond acceptors (Lipinski definition) is 8. The molecule has 0 radical (unpaired) electrons. The van der Waals surface area contributed by atoms with E-state index in [2.05, 4.69) is 10.3 Å². The number of thiazole rings is 1. The molecule has 256 valence electrons. The maximum atomic E-state index is 14.0. The van der Waals surface area contributed by atoms with Gasteiger partial charge in [0.05, 0.1) is 40.9 Å². The van der Waals surface area contributed by atoms with E-state index in [9.17, 15) is 28.2 Å². The van der Waals surface area contributed by atoms with Crippen molar-refractivity contribution in [2.24, 2.45) is 11.8 Å². The fourth-order valence-corrected chi connectivity index (χ4v) is 8.17. The van der Waals surface area contributed by atoms with Gasteiger partial charge in [-0.3, -0.25) is 4.79 Å². The van der Waals surface area contributed by atoms with Crippen molar-refractivity contribution < 1.29 is 28.2 Å². The monoisotopic (exact) mass is 685 g/mol. The molecule has 3 N–H and O–H groups in total. The second kappa shape index (κ2) is 16.2. The average Bonchev–Trinajstić information content (AvgIpc) is 3.60. The second-order valence-corrected chi connectivity index (χ2v) is 15.8. The van der Waals surface area contributed by atoms with E-state index < -0.39 is 34.1 Å². The van der Waals surface area contributed by atoms with Crippen LogP contribution in [0.4, 0.5) is 4.79 Å². The summed E-state index contributed by atoms with van der Waals surface area (Å²) in [6.07, 6.45) is -1.03. The molecular formula is C34H47N5O6S2. The molecule has 0 bridgehead atoms. The molecule has 1 unspecified atom stereocenters. The van der Waals surface area contributed by atoms with E-state index in [1.807, 2.05) is 70.3 Å². The van der Waals surface area contributed by atoms with Gasteiger partial charge in [-0.2, -0.15) is 4.31 Å². The van der Waals surface area contributed by atoms with Crippen LogP contribution >= 0.6 is 11.3 Å². The lowest BCUT2D eigenvalue weighted by Gasteiger charge is -2.34. The normalized spacial score (nSPS) is 15.9. The van der Waals surface area contributed by atoms with Gasteiger partial charge < -0.3 is 25.3 Å². The Kier molecular flexibility index (Phi) is 12.5. The van der Waals surface area contributed by atoms with Gasteiger partial charge in [0, 0.05) is 31.6 Å². The van der Waals surface area contributed by atoms with Crippen LogP contribution in [0.25, 0.3) is 0 Å². The van der Waals surface area contributed by atoms with E-state index in [1.165, 1.54) is 27.8 Å². The third-order valence-electron chi connectivity index (χ3n) is 8.15. The summed E-state index contributed by atoms with van der Waals surface area (Å²) in [6.45, 7) is 10.2. The molecule has 0 saturated carbocycles. The van der Waals surface area contributed by atoms with E-state index in [1.54, 1.807) is 21.9 Å². The van der Waals surface area contributed by atoms with E-state index in [0.29, 0.717) is 25.2 Å². The first-order chi connectivity index (χ1) is 22.3. The standard InChI is InChI=1S/C34H47N5O6S2/c1-23(2)18-38(47(44,45)29-13-9-12-27(16-29)21-40)20-31(41)30(17-26-10-7-6-8-11-26)36-33(42)32(24(3)4)39-15-14-37(34(39)43)19-28-22-46-25(5)35-28/h6-13,16,22-24,30-32,40-41H,14-15,17-21H2,1-5H3,(H,36,42)/t30-,31+,32?/m0/s1. The van der Waals surface area contributed by atoms with Crippen LogP contribution in [-0.4, -0.2) is 94.0 Å². The number of aromatic nitrogens is 1. The Balaban J connectivity index is 1.57. The molecule has 1 aliphatic rings. The molecule has 2 heterocycles. The van der Waals surface area contributed by atoms with Crippen LogP contribution in [-0.2, 0) is 34.4 Å². The number of carbonyl (C=O) groups is 2. The number of urea groups is 1. The summed E-state index contributed by atoms with van der Waals surface area (Å²) >= 11 is 1.52. The number of rotatable bonds is 16. The molecule has 1 saturated heterocycles. The first-order valence-corrected chi connectivity index (χ1v) is 18.3. The lowest BCUT2D eigenvalue weighted by Crippen LogP contribution is -2.57. The molecule has 2 aromatic carbocycles. The fraction of sp³-hybridized carbons (Fsp3) is 0.500. The highest BCUT2D eigenvalue weighted by Gasteiger charge is 2.40. The maximum Gasteiger partial charge on any atom is 0.321 e. The van der Waals surface area contributed by atoms with Gasteiger partial charge in [0.25, 0.3) is 0 Å². The van der Waals surface area contributed by atoms with Gasteiger partial charge >= 0.3 is 6.03 Å². The predicted molar refractivity (Wildman–Crippen MR) is 182 cm³/mol. The third-order valence-corrected chi connectivity index (χ3v) is 10.8. The molecule has 3 amide bonds. The number of aliphatic hydroxyl groups excluding tert-OH is 2. The van der Waals surface area contributed by atoms with Crippen molar-refractivity contribution in [1.82, 2.24) is 24.4 Å². The SMILES string of the molecule is Cc1nc(CN2CCN(C(C(=O)N[C@@H](Cc3ccccc3)[C@H](O)CN(CC(C)C)S(=O)(=O)c3cccc(CO)c3)C(C)C)C2=O)cs1. The van der Waals surface area contributed by atoms with Crippen molar-refractivity contribution >= 4 is 33.3 Å². The van der Waals surface area contributed by atoms with Crippen molar-refractivity contribution in [3.8, 4) is 0 Å². The molecule has 4 rings (SSSR count). The number of benzene rings is 2. The molecule has 1 aromatic heterocycles. The summed E-state index contributed by atoms with van der Waals surface area (Å²) in [4.78, 5) is 35.3. The second-order valence-electron chi connectivity index (χ2n) is 12.8. The summed E-state index contributed by atoms with van der Waals surface area (Å²) in [5.74, 6) is -0.692. The minimum Gasteiger partial charge on any atom is -0.392 e. The lowest BCUT2D eigenvalue weighted by molar-refractivity contribution is -0.128. The zero-order valence-electron chi connectivity index (χ0n) is 27.7. The number of aliphatic hydroxyl groups is 2. The molecular weight excluding hydrogens is 639 g/mol. The Morgan fingerprint density at radius 1 is 1.04 bits per heavy atom. The Labute approximate surface area is 282 Å². The van der Waals surface area contributed by atoms with Gasteiger partial charge in [-0.1, -0.05) is 70.2 Å². The topological polar surface area (TPSA) is 143 Å². The largest absolute Gasteiger partial charge is 0.392 e. The highest BCUT2D eigenvalue weighted by atomic mass is 32.2. The van der Waals surface area contributed by atoms with E-state index in [0.717, 1.165) is 16.3 Å². The summed E-state index contributed by atoms with van der Waals surface area (Å²) in [5.41, 5.74) is 2.12. The minimum absolute atomic E-state index is 0.0188. The van der Waals surface area contributed by atoms with Crippen LogP contribution in [0.1, 0.15) is 49.5 Å². The van der Waals surface area contributed by atoms with Crippen LogP contribution < -0.4 is 5.32 Å². The Bertz CT molecular complexity index is 1600. The summed E-state index contributed by atoms with van der Waals surface area (Å²) < 4.78 is 28.9. The van der Waals surface area contributed by atoms with Gasteiger partial charge in [-0.05, 0) is 48.4 Å². The Morgan fingerprint density at radius 3 is 2.36 bits per heavy atom. The number of carbonyl (C=O) groups excluding carboxylic acids is 2. The highest BCUT2D eigenvalue weighted by Crippen LogP contribution is 2.23. The van der Waals surface area contributed by atoms with Crippen molar-refractivity contribution in [1.29, 1.82) is 0 Å². The zero-order valence-corrected chi connectivity index (χ0v) is 29.4. The van der Waals surface area contributed by atoms with Crippen molar-refractivity contribution in [2.45, 2.75) is 77.3 Å². The Morgan fingerprint density at radius 2 is 1.74 bits per heavy atom. The van der Waals surface area contributed by atoms with Crippen LogP contribution in [0.3, 0.4) is 0 Å². The predicted octanol–water partition coefficient (Wildman–Crippen LogP) is 3.64. The van der Waals surface area contributed by atoms with Crippen molar-refractivity contribution in [2.75, 3.05) is 26.2 Å². The van der Waals surface area contributed by atoms with Gasteiger partial charge in [0.2, 0.25) is 15.9 Å². The van der Waals surface area contributed by atoms with Crippen LogP contribution in [0.5, 0.6) is 0 Å². The fourth-order valence-electron chi connectivity index (χ4n) is 5.87. The molecule has 47 heavy (non-hydrogen) atoms. The third kappa shape index (κ3) is 9.38. The maximum absolute atomic E-state index is 14.0. The average molecular weight is 686 g/mol. The number of nitrogens with zero attached hydrogens (tertiary/aromatic N) is 4. The summed E-state index contributed by atoms with van der Waals surface area (Å²) in [7, 11) is -4.05. The van der Waals surface area contributed by atoms with Crippen molar-refractivity contribution in [3.05, 3.63) is 81.8 Å². The van der Waals surface area contributed by atoms with Crippen LogP contribution in [0.15, 0.2) is 64.9 Å². The first-order valence-electron chi connectivity index (χ1n) is 16.0. The molecule has 3 aromatic rings. The van der Waals surface area contributed by atoms with E-state index in [-0.39, 0.29) is 48.9 Å². The molecule has 1 aliphatic heterocycles. The summed E-state index contributed by atoms with van der Waals surface area (Å²) in [5, 5.41) is 27.2. The highest BCUT2D eigenvalue weighted by molar-refractivity contribution is 7.89. The van der Waals surface area contributed by atoms with E-state index >= 15 is 0 Å². The minimum atomic E-state index is -4.05. The number of nitrogens with one attached hydrogen (secondary N) is 1. The summed E-state index contributed by atoms with van der Waals surface area (Å²) in [6, 6.07) is 13.6. The molecule has 11 nitrogen and oxygen atoms in total. The quantitative estimate of drug-likeness (QED) is 0.209. The first kappa shape index (κ1) is 36.5. The van der Waals surface area contributed by atoms with Gasteiger partial charge in [-0.25, -0.2) is 18.2 Å². The Hall–Kier alpha value is -3.36. The van der Waals surface area contributed by atoms with Crippen LogP contribution in [0.2, 0.25) is 0 Å². The number of hydrogen-bond donors (Lipinski definition) is 3. The van der Waals surface area contributed by atoms with Crippen LogP contribution in [0, 0.1) is 18.8 Å². The van der Waals surface area contributed by atoms with Gasteiger partial charge in [-0.15, -0.1) is 11.3 Å². The molecule has 1 fully saturated rings. The van der Waals surface area contributed by atoms with Gasteiger partial charge in [0.15, 0.2) is 0 Å². The number of amides is 3. The van der Waals surface area contributed by atoms with E-state index in [4.69, 9.17) is 0 Å². The lowest BCUT2D eigenvalue weighted by atomic mass is 9.97.